The molecular formula is C14H13N3. The third-order valence-electron chi connectivity index (χ3n) is 3.00. The average molecular weight is 223 g/mol. The predicted molar refractivity (Wildman–Crippen MR) is 68.7 cm³/mol. The van der Waals surface area contributed by atoms with E-state index in [-0.39, 0.29) is 0 Å². The lowest BCUT2D eigenvalue weighted by Crippen LogP contribution is -1.94. The van der Waals surface area contributed by atoms with Crippen molar-refractivity contribution in [1.82, 2.24) is 14.5 Å². The maximum absolute atomic E-state index is 4.67. The molecule has 0 aliphatic carbocycles. The number of aromatic nitrogens is 3. The van der Waals surface area contributed by atoms with E-state index in [2.05, 4.69) is 26.7 Å². The molecule has 3 nitrogen and oxygen atoms in total. The van der Waals surface area contributed by atoms with Gasteiger partial charge in [-0.05, 0) is 13.0 Å². The third-order valence-corrected chi connectivity index (χ3v) is 3.00. The van der Waals surface area contributed by atoms with Gasteiger partial charge in [0.1, 0.15) is 5.82 Å². The van der Waals surface area contributed by atoms with Crippen LogP contribution in [0.2, 0.25) is 0 Å². The minimum Gasteiger partial charge on any atom is -0.326 e. The molecule has 17 heavy (non-hydrogen) atoms. The van der Waals surface area contributed by atoms with Gasteiger partial charge in [0.25, 0.3) is 0 Å². The Labute approximate surface area is 99.8 Å². The minimum absolute atomic E-state index is 0.983. The van der Waals surface area contributed by atoms with Crippen molar-refractivity contribution in [2.75, 3.05) is 0 Å². The van der Waals surface area contributed by atoms with Gasteiger partial charge in [-0.2, -0.15) is 0 Å². The van der Waals surface area contributed by atoms with E-state index in [4.69, 9.17) is 0 Å². The van der Waals surface area contributed by atoms with Crippen molar-refractivity contribution in [3.63, 3.8) is 0 Å². The standard InChI is InChI=1S/C14H13N3/c1-10-13-12(8-9-15-10)16-14(17(13)2)11-6-4-3-5-7-11/h3-9H,1-2H3. The van der Waals surface area contributed by atoms with E-state index in [1.54, 1.807) is 6.20 Å². The fraction of sp³-hybridized carbons (Fsp3) is 0.143. The van der Waals surface area contributed by atoms with Gasteiger partial charge >= 0.3 is 0 Å². The molecule has 0 N–H and O–H groups in total. The zero-order chi connectivity index (χ0) is 11.8. The van der Waals surface area contributed by atoms with Crippen LogP contribution in [0, 0.1) is 6.92 Å². The molecule has 0 saturated heterocycles. The topological polar surface area (TPSA) is 30.7 Å². The van der Waals surface area contributed by atoms with E-state index in [1.165, 1.54) is 0 Å². The summed E-state index contributed by atoms with van der Waals surface area (Å²) in [4.78, 5) is 8.98. The van der Waals surface area contributed by atoms with Crippen molar-refractivity contribution in [3.05, 3.63) is 48.3 Å². The summed E-state index contributed by atoms with van der Waals surface area (Å²) in [6.45, 7) is 2.01. The van der Waals surface area contributed by atoms with Gasteiger partial charge in [0.15, 0.2) is 0 Å². The van der Waals surface area contributed by atoms with Crippen LogP contribution in [0.4, 0.5) is 0 Å². The summed E-state index contributed by atoms with van der Waals surface area (Å²) in [5, 5.41) is 0. The van der Waals surface area contributed by atoms with E-state index < -0.39 is 0 Å². The van der Waals surface area contributed by atoms with Crippen molar-refractivity contribution in [2.45, 2.75) is 6.92 Å². The highest BCUT2D eigenvalue weighted by atomic mass is 15.1. The quantitative estimate of drug-likeness (QED) is 0.635. The number of rotatable bonds is 1. The van der Waals surface area contributed by atoms with Gasteiger partial charge in [-0.15, -0.1) is 0 Å². The molecule has 0 unspecified atom stereocenters. The summed E-state index contributed by atoms with van der Waals surface area (Å²) >= 11 is 0. The molecule has 84 valence electrons. The van der Waals surface area contributed by atoms with Crippen LogP contribution < -0.4 is 0 Å². The Kier molecular flexibility index (Phi) is 2.18. The summed E-state index contributed by atoms with van der Waals surface area (Å²) in [7, 11) is 2.03. The van der Waals surface area contributed by atoms with Gasteiger partial charge in [0.2, 0.25) is 0 Å². The average Bonchev–Trinajstić information content (AvgIpc) is 2.69. The number of pyridine rings is 1. The highest BCUT2D eigenvalue weighted by Gasteiger charge is 2.11. The second kappa shape index (κ2) is 3.70. The summed E-state index contributed by atoms with van der Waals surface area (Å²) in [6, 6.07) is 12.2. The van der Waals surface area contributed by atoms with Gasteiger partial charge in [-0.3, -0.25) is 4.98 Å². The maximum Gasteiger partial charge on any atom is 0.140 e. The first-order chi connectivity index (χ1) is 8.27. The number of benzene rings is 1. The summed E-state index contributed by atoms with van der Waals surface area (Å²) in [5.74, 6) is 0.983. The fourth-order valence-corrected chi connectivity index (χ4v) is 2.19. The van der Waals surface area contributed by atoms with Crippen molar-refractivity contribution in [2.24, 2.45) is 7.05 Å². The molecule has 0 fully saturated rings. The van der Waals surface area contributed by atoms with Crippen LogP contribution in [0.3, 0.4) is 0 Å². The Morgan fingerprint density at radius 3 is 2.53 bits per heavy atom. The van der Waals surface area contributed by atoms with E-state index in [0.29, 0.717) is 0 Å². The molecule has 3 heteroatoms. The van der Waals surface area contributed by atoms with E-state index in [1.807, 2.05) is 38.2 Å². The summed E-state index contributed by atoms with van der Waals surface area (Å²) < 4.78 is 2.10. The van der Waals surface area contributed by atoms with Crippen LogP contribution in [0.15, 0.2) is 42.6 Å². The molecule has 0 saturated carbocycles. The molecule has 2 heterocycles. The molecule has 0 spiro atoms. The van der Waals surface area contributed by atoms with E-state index in [9.17, 15) is 0 Å². The second-order valence-corrected chi connectivity index (χ2v) is 4.12. The first kappa shape index (κ1) is 10.0. The lowest BCUT2D eigenvalue weighted by atomic mass is 10.2. The van der Waals surface area contributed by atoms with Crippen LogP contribution in [0.25, 0.3) is 22.4 Å². The monoisotopic (exact) mass is 223 g/mol. The van der Waals surface area contributed by atoms with Crippen LogP contribution in [0.1, 0.15) is 5.69 Å². The van der Waals surface area contributed by atoms with Crippen LogP contribution in [-0.4, -0.2) is 14.5 Å². The Morgan fingerprint density at radius 2 is 1.82 bits per heavy atom. The second-order valence-electron chi connectivity index (χ2n) is 4.12. The smallest absolute Gasteiger partial charge is 0.140 e. The van der Waals surface area contributed by atoms with Gasteiger partial charge in [0, 0.05) is 18.8 Å². The van der Waals surface area contributed by atoms with Crippen molar-refractivity contribution < 1.29 is 0 Å². The van der Waals surface area contributed by atoms with Crippen LogP contribution in [0.5, 0.6) is 0 Å². The number of fused-ring (bicyclic) bond motifs is 1. The molecule has 2 aromatic heterocycles. The Hall–Kier alpha value is -2.16. The Bertz CT molecular complexity index is 669. The van der Waals surface area contributed by atoms with E-state index >= 15 is 0 Å². The number of hydrogen-bond acceptors (Lipinski definition) is 2. The zero-order valence-corrected chi connectivity index (χ0v) is 9.88. The molecule has 0 aliphatic rings. The number of nitrogens with zero attached hydrogens (tertiary/aromatic N) is 3. The van der Waals surface area contributed by atoms with Gasteiger partial charge in [-0.1, -0.05) is 30.3 Å². The molecule has 1 aromatic carbocycles. The SMILES string of the molecule is Cc1nccc2nc(-c3ccccc3)n(C)c12. The maximum atomic E-state index is 4.67. The largest absolute Gasteiger partial charge is 0.326 e. The molecule has 0 aliphatic heterocycles. The normalized spacial score (nSPS) is 10.9. The number of aryl methyl sites for hydroxylation is 2. The van der Waals surface area contributed by atoms with Crippen molar-refractivity contribution in [1.29, 1.82) is 0 Å². The van der Waals surface area contributed by atoms with Crippen LogP contribution >= 0.6 is 0 Å². The fourth-order valence-electron chi connectivity index (χ4n) is 2.19. The van der Waals surface area contributed by atoms with E-state index in [0.717, 1.165) is 28.1 Å². The predicted octanol–water partition coefficient (Wildman–Crippen LogP) is 2.94. The lowest BCUT2D eigenvalue weighted by molar-refractivity contribution is 0.949. The first-order valence-corrected chi connectivity index (χ1v) is 5.61. The van der Waals surface area contributed by atoms with Gasteiger partial charge < -0.3 is 4.57 Å². The number of imidazole rings is 1. The summed E-state index contributed by atoms with van der Waals surface area (Å²) in [6.07, 6.45) is 1.80. The Balaban J connectivity index is 2.33. The molecular weight excluding hydrogens is 210 g/mol. The highest BCUT2D eigenvalue weighted by Crippen LogP contribution is 2.24. The van der Waals surface area contributed by atoms with Crippen LogP contribution in [-0.2, 0) is 7.05 Å². The molecule has 3 rings (SSSR count). The van der Waals surface area contributed by atoms with Gasteiger partial charge in [0.05, 0.1) is 16.7 Å². The molecule has 0 atom stereocenters. The highest BCUT2D eigenvalue weighted by molar-refractivity contribution is 5.82. The zero-order valence-electron chi connectivity index (χ0n) is 9.88. The minimum atomic E-state index is 0.983. The third kappa shape index (κ3) is 1.51. The molecule has 0 bridgehead atoms. The van der Waals surface area contributed by atoms with Gasteiger partial charge in [-0.25, -0.2) is 4.98 Å². The molecule has 3 aromatic rings. The molecule has 0 radical (unpaired) electrons. The lowest BCUT2D eigenvalue weighted by Gasteiger charge is -2.02. The molecule has 0 amide bonds. The Morgan fingerprint density at radius 1 is 1.06 bits per heavy atom. The van der Waals surface area contributed by atoms with Crippen molar-refractivity contribution in [3.8, 4) is 11.4 Å². The first-order valence-electron chi connectivity index (χ1n) is 5.61. The summed E-state index contributed by atoms with van der Waals surface area (Å²) in [5.41, 5.74) is 4.25. The van der Waals surface area contributed by atoms with Crippen molar-refractivity contribution >= 4 is 11.0 Å². The number of hydrogen-bond donors (Lipinski definition) is 0.